The van der Waals surface area contributed by atoms with Crippen molar-refractivity contribution < 1.29 is 14.3 Å². The van der Waals surface area contributed by atoms with Gasteiger partial charge >= 0.3 is 0 Å². The summed E-state index contributed by atoms with van der Waals surface area (Å²) in [6.45, 7) is 4.82. The average molecular weight is 543 g/mol. The first kappa shape index (κ1) is 27.6. The molecule has 9 heteroatoms. The number of aliphatic imine (C=N–C) groups is 1. The SMILES string of the molecule is CCCCCCCCOc1ccc(/C=C2\S/C(=N/c3nnc(C)s3)N(C3CCCCC3)C2=O)cc1OC. The molecule has 1 saturated heterocycles. The number of methoxy groups -OCH3 is 1. The van der Waals surface area contributed by atoms with Gasteiger partial charge in [0.05, 0.1) is 18.6 Å². The Balaban J connectivity index is 1.48. The fourth-order valence-corrected chi connectivity index (χ4v) is 6.41. The topological polar surface area (TPSA) is 76.9 Å². The van der Waals surface area contributed by atoms with Crippen molar-refractivity contribution in [2.75, 3.05) is 13.7 Å². The lowest BCUT2D eigenvalue weighted by molar-refractivity contribution is -0.124. The minimum Gasteiger partial charge on any atom is -0.493 e. The Hall–Kier alpha value is -2.39. The number of unbranched alkanes of at least 4 members (excludes halogenated alkanes) is 5. The van der Waals surface area contributed by atoms with Gasteiger partial charge in [0.1, 0.15) is 5.01 Å². The van der Waals surface area contributed by atoms with Crippen LogP contribution in [0.5, 0.6) is 11.5 Å². The number of nitrogens with zero attached hydrogens (tertiary/aromatic N) is 4. The molecule has 1 aliphatic carbocycles. The van der Waals surface area contributed by atoms with Gasteiger partial charge < -0.3 is 9.47 Å². The second-order valence-electron chi connectivity index (χ2n) is 9.60. The number of aromatic nitrogens is 2. The molecule has 1 aromatic heterocycles. The summed E-state index contributed by atoms with van der Waals surface area (Å²) in [7, 11) is 1.65. The van der Waals surface area contributed by atoms with E-state index in [1.165, 1.54) is 61.6 Å². The van der Waals surface area contributed by atoms with Crippen LogP contribution in [-0.4, -0.2) is 45.9 Å². The monoisotopic (exact) mass is 542 g/mol. The maximum atomic E-state index is 13.6. The zero-order valence-electron chi connectivity index (χ0n) is 22.2. The molecule has 1 amide bonds. The number of rotatable bonds is 12. The second kappa shape index (κ2) is 14.0. The van der Waals surface area contributed by atoms with Gasteiger partial charge in [-0.05, 0) is 61.7 Å². The Kier molecular flexibility index (Phi) is 10.4. The number of hydrogen-bond acceptors (Lipinski definition) is 8. The molecular formula is C28H38N4O3S2. The van der Waals surface area contributed by atoms with Crippen LogP contribution in [0, 0.1) is 6.92 Å². The van der Waals surface area contributed by atoms with Gasteiger partial charge in [0.2, 0.25) is 5.13 Å². The number of ether oxygens (including phenoxy) is 2. The van der Waals surface area contributed by atoms with E-state index < -0.39 is 0 Å². The molecule has 1 aromatic carbocycles. The Morgan fingerprint density at radius 2 is 1.86 bits per heavy atom. The van der Waals surface area contributed by atoms with Gasteiger partial charge in [-0.2, -0.15) is 4.99 Å². The van der Waals surface area contributed by atoms with Crippen molar-refractivity contribution >= 4 is 45.4 Å². The molecule has 37 heavy (non-hydrogen) atoms. The zero-order valence-corrected chi connectivity index (χ0v) is 23.8. The minimum absolute atomic E-state index is 0.0132. The van der Waals surface area contributed by atoms with Crippen molar-refractivity contribution in [1.82, 2.24) is 15.1 Å². The van der Waals surface area contributed by atoms with Crippen LogP contribution in [0.2, 0.25) is 0 Å². The number of amidine groups is 1. The summed E-state index contributed by atoms with van der Waals surface area (Å²) in [6, 6.07) is 6.03. The second-order valence-corrected chi connectivity index (χ2v) is 11.8. The fraction of sp³-hybridized carbons (Fsp3) is 0.571. The fourth-order valence-electron chi connectivity index (χ4n) is 4.75. The zero-order chi connectivity index (χ0) is 26.0. The highest BCUT2D eigenvalue weighted by atomic mass is 32.2. The molecule has 4 rings (SSSR count). The van der Waals surface area contributed by atoms with E-state index in [2.05, 4.69) is 17.1 Å². The molecule has 0 radical (unpaired) electrons. The summed E-state index contributed by atoms with van der Waals surface area (Å²) in [4.78, 5) is 20.9. The molecular weight excluding hydrogens is 504 g/mol. The molecule has 1 aliphatic heterocycles. The predicted octanol–water partition coefficient (Wildman–Crippen LogP) is 7.53. The first-order valence-corrected chi connectivity index (χ1v) is 15.1. The summed E-state index contributed by atoms with van der Waals surface area (Å²) in [5.41, 5.74) is 0.899. The van der Waals surface area contributed by atoms with E-state index in [-0.39, 0.29) is 11.9 Å². The Morgan fingerprint density at radius 1 is 1.08 bits per heavy atom. The first-order valence-electron chi connectivity index (χ1n) is 13.5. The maximum Gasteiger partial charge on any atom is 0.267 e. The van der Waals surface area contributed by atoms with E-state index in [9.17, 15) is 4.79 Å². The van der Waals surface area contributed by atoms with Crippen LogP contribution in [-0.2, 0) is 4.79 Å². The standard InChI is InChI=1S/C28H38N4O3S2/c1-4-5-6-7-8-12-17-35-23-16-15-21(18-24(23)34-3)19-25-26(33)32(22-13-10-9-11-14-22)28(37-25)29-27-31-30-20(2)36-27/h15-16,18-19,22H,4-14,17H2,1-3H3/b25-19-,29-28+. The lowest BCUT2D eigenvalue weighted by atomic mass is 9.94. The van der Waals surface area contributed by atoms with E-state index in [1.54, 1.807) is 7.11 Å². The number of aryl methyl sites for hydroxylation is 1. The van der Waals surface area contributed by atoms with Crippen LogP contribution in [0.25, 0.3) is 6.08 Å². The third-order valence-electron chi connectivity index (χ3n) is 6.72. The first-order chi connectivity index (χ1) is 18.1. The van der Waals surface area contributed by atoms with Crippen LogP contribution >= 0.6 is 23.1 Å². The van der Waals surface area contributed by atoms with Gasteiger partial charge in [0.25, 0.3) is 5.91 Å². The minimum atomic E-state index is 0.0132. The van der Waals surface area contributed by atoms with Crippen molar-refractivity contribution in [1.29, 1.82) is 0 Å². The third kappa shape index (κ3) is 7.57. The third-order valence-corrected chi connectivity index (χ3v) is 8.44. The molecule has 0 N–H and O–H groups in total. The molecule has 2 aromatic rings. The van der Waals surface area contributed by atoms with Gasteiger partial charge in [-0.15, -0.1) is 10.2 Å². The van der Waals surface area contributed by atoms with E-state index in [0.717, 1.165) is 48.4 Å². The molecule has 200 valence electrons. The number of amides is 1. The summed E-state index contributed by atoms with van der Waals surface area (Å²) in [5, 5.41) is 10.4. The van der Waals surface area contributed by atoms with E-state index in [4.69, 9.17) is 14.5 Å². The van der Waals surface area contributed by atoms with Gasteiger partial charge in [-0.3, -0.25) is 9.69 Å². The molecule has 0 bridgehead atoms. The molecule has 2 aliphatic rings. The molecule has 2 heterocycles. The van der Waals surface area contributed by atoms with Gasteiger partial charge in [-0.1, -0.05) is 75.7 Å². The number of thioether (sulfide) groups is 1. The summed E-state index contributed by atoms with van der Waals surface area (Å²) < 4.78 is 11.6. The van der Waals surface area contributed by atoms with Crippen LogP contribution in [0.15, 0.2) is 28.1 Å². The van der Waals surface area contributed by atoms with Crippen LogP contribution < -0.4 is 9.47 Å². The highest BCUT2D eigenvalue weighted by Crippen LogP contribution is 2.39. The molecule has 1 saturated carbocycles. The van der Waals surface area contributed by atoms with Crippen LogP contribution in [0.4, 0.5) is 5.13 Å². The molecule has 7 nitrogen and oxygen atoms in total. The lowest BCUT2D eigenvalue weighted by Crippen LogP contribution is -2.40. The van der Waals surface area contributed by atoms with Gasteiger partial charge in [0, 0.05) is 6.04 Å². The molecule has 0 unspecified atom stereocenters. The molecule has 2 fully saturated rings. The van der Waals surface area contributed by atoms with Crippen LogP contribution in [0.1, 0.15) is 88.1 Å². The summed E-state index contributed by atoms with van der Waals surface area (Å²) >= 11 is 2.85. The maximum absolute atomic E-state index is 13.6. The number of carbonyl (C=O) groups is 1. The number of hydrogen-bond donors (Lipinski definition) is 0. The average Bonchev–Trinajstić information content (AvgIpc) is 3.46. The summed E-state index contributed by atoms with van der Waals surface area (Å²) in [5.74, 6) is 1.43. The Morgan fingerprint density at radius 3 is 2.59 bits per heavy atom. The van der Waals surface area contributed by atoms with Gasteiger partial charge in [-0.25, -0.2) is 0 Å². The van der Waals surface area contributed by atoms with E-state index in [1.807, 2.05) is 36.1 Å². The van der Waals surface area contributed by atoms with Crippen molar-refractivity contribution in [3.63, 3.8) is 0 Å². The van der Waals surface area contributed by atoms with Crippen molar-refractivity contribution in [2.45, 2.75) is 90.5 Å². The highest BCUT2D eigenvalue weighted by molar-refractivity contribution is 8.18. The highest BCUT2D eigenvalue weighted by Gasteiger charge is 2.39. The lowest BCUT2D eigenvalue weighted by Gasteiger charge is -2.30. The van der Waals surface area contributed by atoms with Crippen molar-refractivity contribution in [3.05, 3.63) is 33.7 Å². The van der Waals surface area contributed by atoms with Crippen LogP contribution in [0.3, 0.4) is 0 Å². The van der Waals surface area contributed by atoms with Crippen molar-refractivity contribution in [2.24, 2.45) is 4.99 Å². The normalized spacial score (nSPS) is 18.8. The van der Waals surface area contributed by atoms with E-state index in [0.29, 0.717) is 27.6 Å². The number of carbonyl (C=O) groups excluding carboxylic acids is 1. The smallest absolute Gasteiger partial charge is 0.267 e. The molecule has 0 atom stereocenters. The van der Waals surface area contributed by atoms with E-state index >= 15 is 0 Å². The summed E-state index contributed by atoms with van der Waals surface area (Å²) in [6.07, 6.45) is 14.8. The Bertz CT molecular complexity index is 1110. The Labute approximate surface area is 228 Å². The molecule has 0 spiro atoms. The number of benzene rings is 1. The largest absolute Gasteiger partial charge is 0.493 e. The van der Waals surface area contributed by atoms with Gasteiger partial charge in [0.15, 0.2) is 16.7 Å². The quantitative estimate of drug-likeness (QED) is 0.204. The predicted molar refractivity (Wildman–Crippen MR) is 153 cm³/mol. The van der Waals surface area contributed by atoms with Crippen molar-refractivity contribution in [3.8, 4) is 11.5 Å².